The molecule has 2 aromatic rings. The van der Waals surface area contributed by atoms with Crippen LogP contribution in [0.25, 0.3) is 0 Å². The summed E-state index contributed by atoms with van der Waals surface area (Å²) in [5.41, 5.74) is 1.16. The van der Waals surface area contributed by atoms with Crippen LogP contribution >= 0.6 is 0 Å². The third kappa shape index (κ3) is 3.56. The number of aromatic nitrogens is 3. The molecule has 2 aromatic heterocycles. The van der Waals surface area contributed by atoms with Gasteiger partial charge in [-0.15, -0.1) is 0 Å². The second-order valence-corrected chi connectivity index (χ2v) is 6.74. The zero-order valence-electron chi connectivity index (χ0n) is 13.6. The van der Waals surface area contributed by atoms with E-state index in [9.17, 15) is 4.79 Å². The molecular weight excluding hydrogens is 294 g/mol. The summed E-state index contributed by atoms with van der Waals surface area (Å²) in [5.74, 6) is 0.628. The molecule has 122 valence electrons. The molecule has 0 aromatic carbocycles. The normalized spacial score (nSPS) is 16.1. The quantitative estimate of drug-likeness (QED) is 0.922. The molecule has 1 aliphatic rings. The van der Waals surface area contributed by atoms with Crippen molar-refractivity contribution in [1.82, 2.24) is 25.4 Å². The molecule has 1 aliphatic heterocycles. The minimum atomic E-state index is -0.266. The van der Waals surface area contributed by atoms with Crippen molar-refractivity contribution in [3.05, 3.63) is 41.9 Å². The maximum absolute atomic E-state index is 12.1. The number of nitrogens with zero attached hydrogens (tertiary/aromatic N) is 4. The number of carbonyl (C=O) groups is 1. The van der Waals surface area contributed by atoms with Gasteiger partial charge in [0, 0.05) is 24.8 Å². The highest BCUT2D eigenvalue weighted by atomic mass is 16.3. The fourth-order valence-electron chi connectivity index (χ4n) is 2.45. The third-order valence-electron chi connectivity index (χ3n) is 3.99. The maximum Gasteiger partial charge on any atom is 0.273 e. The van der Waals surface area contributed by atoms with Gasteiger partial charge in [0.1, 0.15) is 6.26 Å². The first-order valence-corrected chi connectivity index (χ1v) is 7.69. The van der Waals surface area contributed by atoms with Crippen LogP contribution < -0.4 is 5.32 Å². The number of rotatable bonds is 4. The fourth-order valence-corrected chi connectivity index (χ4v) is 2.45. The van der Waals surface area contributed by atoms with Crippen LogP contribution in [0.5, 0.6) is 0 Å². The molecule has 7 heteroatoms. The first-order chi connectivity index (χ1) is 10.9. The lowest BCUT2D eigenvalue weighted by molar-refractivity contribution is 0.0375. The van der Waals surface area contributed by atoms with Crippen molar-refractivity contribution in [1.29, 1.82) is 0 Å². The number of hydrogen-bond donors (Lipinski definition) is 1. The maximum atomic E-state index is 12.1. The third-order valence-corrected chi connectivity index (χ3v) is 3.99. The largest absolute Gasteiger partial charge is 0.448 e. The fraction of sp³-hybridized carbons (Fsp3) is 0.500. The van der Waals surface area contributed by atoms with Crippen molar-refractivity contribution >= 4 is 5.91 Å². The summed E-state index contributed by atoms with van der Waals surface area (Å²) in [6, 6.07) is 3.58. The predicted octanol–water partition coefficient (Wildman–Crippen LogP) is 1.59. The molecule has 0 atom stereocenters. The number of likely N-dealkylation sites (tertiary alicyclic amines) is 1. The number of nitrogens with one attached hydrogen (secondary N) is 1. The number of hydrogen-bond acceptors (Lipinski definition) is 6. The van der Waals surface area contributed by atoms with E-state index in [1.165, 1.54) is 6.26 Å². The topological polar surface area (TPSA) is 84.2 Å². The molecule has 1 fully saturated rings. The van der Waals surface area contributed by atoms with Crippen LogP contribution in [0.2, 0.25) is 0 Å². The Bertz CT molecular complexity index is 671. The van der Waals surface area contributed by atoms with Gasteiger partial charge in [0.25, 0.3) is 5.91 Å². The molecule has 3 rings (SSSR count). The minimum absolute atomic E-state index is 0.153. The highest BCUT2D eigenvalue weighted by Crippen LogP contribution is 2.31. The van der Waals surface area contributed by atoms with Gasteiger partial charge in [-0.2, -0.15) is 10.2 Å². The van der Waals surface area contributed by atoms with E-state index in [1.54, 1.807) is 18.3 Å². The molecule has 0 spiro atoms. The van der Waals surface area contributed by atoms with E-state index in [0.717, 1.165) is 13.1 Å². The molecule has 0 saturated carbocycles. The van der Waals surface area contributed by atoms with Gasteiger partial charge in [-0.25, -0.2) is 4.98 Å². The van der Waals surface area contributed by atoms with E-state index < -0.39 is 0 Å². The molecule has 0 aliphatic carbocycles. The van der Waals surface area contributed by atoms with E-state index >= 15 is 0 Å². The lowest BCUT2D eigenvalue weighted by Gasteiger charge is -2.46. The molecule has 0 radical (unpaired) electrons. The van der Waals surface area contributed by atoms with Crippen LogP contribution in [0.4, 0.5) is 0 Å². The van der Waals surface area contributed by atoms with E-state index in [0.29, 0.717) is 23.8 Å². The van der Waals surface area contributed by atoms with E-state index in [1.807, 2.05) is 0 Å². The van der Waals surface area contributed by atoms with Crippen molar-refractivity contribution < 1.29 is 9.21 Å². The van der Waals surface area contributed by atoms with Crippen LogP contribution in [0.3, 0.4) is 0 Å². The summed E-state index contributed by atoms with van der Waals surface area (Å²) in [6.07, 6.45) is 3.01. The lowest BCUT2D eigenvalue weighted by atomic mass is 9.92. The van der Waals surface area contributed by atoms with Gasteiger partial charge in [-0.1, -0.05) is 0 Å². The average molecular weight is 315 g/mol. The van der Waals surface area contributed by atoms with Crippen LogP contribution in [-0.2, 0) is 6.54 Å². The number of amides is 1. The van der Waals surface area contributed by atoms with Gasteiger partial charge in [0.15, 0.2) is 11.6 Å². The van der Waals surface area contributed by atoms with Crippen LogP contribution in [0.1, 0.15) is 48.8 Å². The second kappa shape index (κ2) is 6.08. The predicted molar refractivity (Wildman–Crippen MR) is 83.8 cm³/mol. The smallest absolute Gasteiger partial charge is 0.273 e. The van der Waals surface area contributed by atoms with E-state index in [-0.39, 0.29) is 17.4 Å². The zero-order valence-corrected chi connectivity index (χ0v) is 13.6. The Labute approximate surface area is 135 Å². The Morgan fingerprint density at radius 3 is 2.87 bits per heavy atom. The minimum Gasteiger partial charge on any atom is -0.448 e. The first kappa shape index (κ1) is 15.6. The lowest BCUT2D eigenvalue weighted by Crippen LogP contribution is -2.54. The van der Waals surface area contributed by atoms with Crippen molar-refractivity contribution in [2.75, 3.05) is 13.1 Å². The molecule has 1 saturated heterocycles. The van der Waals surface area contributed by atoms with Gasteiger partial charge in [0.05, 0.1) is 18.2 Å². The molecule has 3 heterocycles. The molecular formula is C16H21N5O2. The standard InChI is InChI=1S/C16H21N5O2/c1-16(2,3)21-8-11(9-21)15-19-13(10-23-15)14(22)17-7-12-5-4-6-18-20-12/h4-6,10-11H,7-9H2,1-3H3,(H,17,22). The van der Waals surface area contributed by atoms with Gasteiger partial charge in [-0.3, -0.25) is 9.69 Å². The van der Waals surface area contributed by atoms with Gasteiger partial charge in [0.2, 0.25) is 0 Å². The Morgan fingerprint density at radius 1 is 1.43 bits per heavy atom. The second-order valence-electron chi connectivity index (χ2n) is 6.74. The molecule has 0 bridgehead atoms. The Morgan fingerprint density at radius 2 is 2.22 bits per heavy atom. The van der Waals surface area contributed by atoms with Gasteiger partial charge >= 0.3 is 0 Å². The van der Waals surface area contributed by atoms with E-state index in [2.05, 4.69) is 46.2 Å². The number of carbonyl (C=O) groups excluding carboxylic acids is 1. The van der Waals surface area contributed by atoms with Crippen molar-refractivity contribution in [2.45, 2.75) is 38.8 Å². The van der Waals surface area contributed by atoms with Crippen molar-refractivity contribution in [3.63, 3.8) is 0 Å². The van der Waals surface area contributed by atoms with Gasteiger partial charge < -0.3 is 9.73 Å². The number of oxazole rings is 1. The highest BCUT2D eigenvalue weighted by Gasteiger charge is 2.37. The van der Waals surface area contributed by atoms with Gasteiger partial charge in [-0.05, 0) is 32.9 Å². The average Bonchev–Trinajstić information content (AvgIpc) is 2.92. The molecule has 1 N–H and O–H groups in total. The van der Waals surface area contributed by atoms with Crippen molar-refractivity contribution in [2.24, 2.45) is 0 Å². The Hall–Kier alpha value is -2.28. The molecule has 7 nitrogen and oxygen atoms in total. The Kier molecular flexibility index (Phi) is 4.12. The van der Waals surface area contributed by atoms with Crippen LogP contribution in [0.15, 0.2) is 29.0 Å². The Balaban J connectivity index is 1.54. The summed E-state index contributed by atoms with van der Waals surface area (Å²) < 4.78 is 5.48. The highest BCUT2D eigenvalue weighted by molar-refractivity contribution is 5.91. The van der Waals surface area contributed by atoms with E-state index in [4.69, 9.17) is 4.42 Å². The summed E-state index contributed by atoms with van der Waals surface area (Å²) in [5, 5.41) is 10.4. The summed E-state index contributed by atoms with van der Waals surface area (Å²) in [6.45, 7) is 8.68. The zero-order chi connectivity index (χ0) is 16.4. The monoisotopic (exact) mass is 315 g/mol. The SMILES string of the molecule is CC(C)(C)N1CC(c2nc(C(=O)NCc3cccnn3)co2)C1. The first-order valence-electron chi connectivity index (χ1n) is 7.69. The molecule has 0 unspecified atom stereocenters. The van der Waals surface area contributed by atoms with Crippen LogP contribution in [-0.4, -0.2) is 44.6 Å². The van der Waals surface area contributed by atoms with Crippen molar-refractivity contribution in [3.8, 4) is 0 Å². The molecule has 1 amide bonds. The molecule has 23 heavy (non-hydrogen) atoms. The summed E-state index contributed by atoms with van der Waals surface area (Å²) in [4.78, 5) is 18.8. The van der Waals surface area contributed by atoms with Crippen LogP contribution in [0, 0.1) is 0 Å². The summed E-state index contributed by atoms with van der Waals surface area (Å²) >= 11 is 0. The summed E-state index contributed by atoms with van der Waals surface area (Å²) in [7, 11) is 0.